The Morgan fingerprint density at radius 3 is 2.62 bits per heavy atom. The van der Waals surface area contributed by atoms with Crippen LogP contribution in [-0.4, -0.2) is 39.7 Å². The number of benzene rings is 2. The molecule has 2 aromatic carbocycles. The molecule has 5 rings (SSSR count). The molecular formula is C24H25N3O5. The Hall–Kier alpha value is -3.55. The number of hydrogen-bond acceptors (Lipinski definition) is 5. The van der Waals surface area contributed by atoms with E-state index < -0.39 is 5.69 Å². The van der Waals surface area contributed by atoms with E-state index in [0.29, 0.717) is 36.4 Å². The number of carbonyl (C=O) groups excluding carboxylic acids is 1. The fraction of sp³-hybridized carbons (Fsp3) is 0.375. The molecule has 1 amide bonds. The summed E-state index contributed by atoms with van der Waals surface area (Å²) in [6.45, 7) is 3.55. The zero-order chi connectivity index (χ0) is 22.2. The predicted molar refractivity (Wildman–Crippen MR) is 119 cm³/mol. The molecule has 8 nitrogen and oxygen atoms in total. The first-order valence-electron chi connectivity index (χ1n) is 11.0. The minimum atomic E-state index is -0.459. The Bertz CT molecular complexity index is 1310. The molecule has 0 aliphatic carbocycles. The van der Waals surface area contributed by atoms with Crippen molar-refractivity contribution in [1.82, 2.24) is 14.0 Å². The molecule has 0 unspecified atom stereocenters. The van der Waals surface area contributed by atoms with E-state index in [0.717, 1.165) is 24.2 Å². The van der Waals surface area contributed by atoms with Gasteiger partial charge in [-0.2, -0.15) is 0 Å². The van der Waals surface area contributed by atoms with Gasteiger partial charge in [-0.3, -0.25) is 18.7 Å². The molecule has 1 atom stereocenters. The van der Waals surface area contributed by atoms with E-state index in [1.807, 2.05) is 23.1 Å². The smallest absolute Gasteiger partial charge is 0.331 e. The average molecular weight is 435 g/mol. The number of para-hydroxylation sites is 1. The van der Waals surface area contributed by atoms with Crippen molar-refractivity contribution >= 4 is 16.8 Å². The third-order valence-electron chi connectivity index (χ3n) is 6.27. The molecule has 0 N–H and O–H groups in total. The van der Waals surface area contributed by atoms with Gasteiger partial charge < -0.3 is 14.4 Å². The average Bonchev–Trinajstić information content (AvgIpc) is 3.32. The van der Waals surface area contributed by atoms with Gasteiger partial charge in [0.1, 0.15) is 19.8 Å². The number of aromatic nitrogens is 2. The number of nitrogens with zero attached hydrogens (tertiary/aromatic N) is 3. The molecule has 32 heavy (non-hydrogen) atoms. The van der Waals surface area contributed by atoms with Gasteiger partial charge in [-0.25, -0.2) is 4.79 Å². The van der Waals surface area contributed by atoms with Gasteiger partial charge >= 0.3 is 5.69 Å². The van der Waals surface area contributed by atoms with Gasteiger partial charge in [0.25, 0.3) is 5.56 Å². The summed E-state index contributed by atoms with van der Waals surface area (Å²) in [5.41, 5.74) is 0.693. The molecular weight excluding hydrogens is 410 g/mol. The van der Waals surface area contributed by atoms with Crippen molar-refractivity contribution in [3.8, 4) is 11.5 Å². The summed E-state index contributed by atoms with van der Waals surface area (Å²) in [5.74, 6) is 1.27. The first-order chi connectivity index (χ1) is 15.6. The molecule has 8 heteroatoms. The van der Waals surface area contributed by atoms with Crippen LogP contribution in [0.3, 0.4) is 0 Å². The number of ether oxygens (including phenoxy) is 2. The van der Waals surface area contributed by atoms with Crippen molar-refractivity contribution < 1.29 is 14.3 Å². The van der Waals surface area contributed by atoms with Crippen LogP contribution in [0.2, 0.25) is 0 Å². The molecule has 166 valence electrons. The molecule has 0 radical (unpaired) electrons. The topological polar surface area (TPSA) is 82.8 Å². The fourth-order valence-electron chi connectivity index (χ4n) is 4.71. The zero-order valence-corrected chi connectivity index (χ0v) is 18.0. The number of carbonyl (C=O) groups is 1. The Kier molecular flexibility index (Phi) is 5.20. The normalized spacial score (nSPS) is 17.7. The maximum Gasteiger partial charge on any atom is 0.331 e. The highest BCUT2D eigenvalue weighted by atomic mass is 16.6. The number of fused-ring (bicyclic) bond motifs is 2. The minimum Gasteiger partial charge on any atom is -0.486 e. The van der Waals surface area contributed by atoms with Crippen LogP contribution >= 0.6 is 0 Å². The van der Waals surface area contributed by atoms with Gasteiger partial charge in [0.05, 0.1) is 16.9 Å². The second-order valence-electron chi connectivity index (χ2n) is 8.08. The Morgan fingerprint density at radius 2 is 1.81 bits per heavy atom. The summed E-state index contributed by atoms with van der Waals surface area (Å²) in [7, 11) is 0. The highest BCUT2D eigenvalue weighted by Crippen LogP contribution is 2.38. The van der Waals surface area contributed by atoms with Crippen LogP contribution in [0.4, 0.5) is 0 Å². The predicted octanol–water partition coefficient (Wildman–Crippen LogP) is 2.32. The van der Waals surface area contributed by atoms with E-state index in [1.165, 1.54) is 9.13 Å². The van der Waals surface area contributed by atoms with Gasteiger partial charge in [-0.05, 0) is 49.6 Å². The quantitative estimate of drug-likeness (QED) is 0.628. The summed E-state index contributed by atoms with van der Waals surface area (Å²) in [6.07, 6.45) is 1.73. The van der Waals surface area contributed by atoms with Crippen molar-refractivity contribution in [3.05, 3.63) is 68.9 Å². The Morgan fingerprint density at radius 1 is 1.03 bits per heavy atom. The van der Waals surface area contributed by atoms with Crippen LogP contribution in [-0.2, 0) is 17.9 Å². The lowest BCUT2D eigenvalue weighted by molar-refractivity contribution is -0.132. The van der Waals surface area contributed by atoms with Crippen molar-refractivity contribution in [3.63, 3.8) is 0 Å². The van der Waals surface area contributed by atoms with Gasteiger partial charge in [0.2, 0.25) is 5.91 Å². The van der Waals surface area contributed by atoms with Crippen molar-refractivity contribution in [2.45, 2.75) is 38.9 Å². The van der Waals surface area contributed by atoms with Crippen molar-refractivity contribution in [2.75, 3.05) is 19.8 Å². The fourth-order valence-corrected chi connectivity index (χ4v) is 4.71. The van der Waals surface area contributed by atoms with E-state index in [4.69, 9.17) is 9.47 Å². The lowest BCUT2D eigenvalue weighted by atomic mass is 10.0. The second-order valence-corrected chi connectivity index (χ2v) is 8.08. The van der Waals surface area contributed by atoms with Gasteiger partial charge in [0, 0.05) is 13.1 Å². The van der Waals surface area contributed by atoms with Crippen molar-refractivity contribution in [1.29, 1.82) is 0 Å². The van der Waals surface area contributed by atoms with Gasteiger partial charge in [-0.15, -0.1) is 0 Å². The lowest BCUT2D eigenvalue weighted by Gasteiger charge is -2.27. The zero-order valence-electron chi connectivity index (χ0n) is 18.0. The number of rotatable bonds is 4. The third kappa shape index (κ3) is 3.36. The maximum absolute atomic E-state index is 13.4. The summed E-state index contributed by atoms with van der Waals surface area (Å²) in [5, 5.41) is 0.437. The van der Waals surface area contributed by atoms with Crippen LogP contribution in [0, 0.1) is 0 Å². The largest absolute Gasteiger partial charge is 0.486 e. The van der Waals surface area contributed by atoms with Crippen LogP contribution in [0.5, 0.6) is 11.5 Å². The first kappa shape index (κ1) is 20.4. The molecule has 0 saturated carbocycles. The molecule has 1 saturated heterocycles. The van der Waals surface area contributed by atoms with E-state index in [1.54, 1.807) is 31.2 Å². The van der Waals surface area contributed by atoms with Crippen LogP contribution in [0.1, 0.15) is 31.4 Å². The lowest BCUT2D eigenvalue weighted by Crippen LogP contribution is -2.43. The van der Waals surface area contributed by atoms with Crippen LogP contribution in [0.15, 0.2) is 52.1 Å². The standard InChI is InChI=1S/C24H25N3O5/c1-2-25-23(29)17-6-3-4-7-19(17)27(24(25)30)15-22(28)26-11-5-8-18(26)16-9-10-20-21(14-16)32-13-12-31-20/h3-4,6-7,9-10,14,18H,2,5,8,11-13,15H2,1H3/t18-/m0/s1. The second kappa shape index (κ2) is 8.18. The Balaban J connectivity index is 1.48. The molecule has 0 spiro atoms. The molecule has 3 aromatic rings. The number of likely N-dealkylation sites (tertiary alicyclic amines) is 1. The SMILES string of the molecule is CCn1c(=O)c2ccccc2n(CC(=O)N2CCC[C@H]2c2ccc3c(c2)OCCO3)c1=O. The van der Waals surface area contributed by atoms with E-state index in [9.17, 15) is 14.4 Å². The highest BCUT2D eigenvalue weighted by Gasteiger charge is 2.31. The van der Waals surface area contributed by atoms with Gasteiger partial charge in [0.15, 0.2) is 11.5 Å². The molecule has 1 fully saturated rings. The molecule has 2 aliphatic rings. The maximum atomic E-state index is 13.4. The van der Waals surface area contributed by atoms with Crippen molar-refractivity contribution in [2.24, 2.45) is 0 Å². The summed E-state index contributed by atoms with van der Waals surface area (Å²) >= 11 is 0. The minimum absolute atomic E-state index is 0.0858. The van der Waals surface area contributed by atoms with Crippen LogP contribution in [0.25, 0.3) is 10.9 Å². The molecule has 0 bridgehead atoms. The first-order valence-corrected chi connectivity index (χ1v) is 11.0. The number of amides is 1. The number of hydrogen-bond donors (Lipinski definition) is 0. The van der Waals surface area contributed by atoms with E-state index >= 15 is 0 Å². The van der Waals surface area contributed by atoms with Crippen LogP contribution < -0.4 is 20.7 Å². The van der Waals surface area contributed by atoms with Gasteiger partial charge in [-0.1, -0.05) is 18.2 Å². The summed E-state index contributed by atoms with van der Waals surface area (Å²) in [4.78, 5) is 40.9. The monoisotopic (exact) mass is 435 g/mol. The highest BCUT2D eigenvalue weighted by molar-refractivity contribution is 5.82. The molecule has 3 heterocycles. The molecule has 2 aliphatic heterocycles. The van der Waals surface area contributed by atoms with E-state index in [2.05, 4.69) is 0 Å². The Labute approximate surface area is 184 Å². The molecule has 1 aromatic heterocycles. The summed E-state index contributed by atoms with van der Waals surface area (Å²) in [6, 6.07) is 12.7. The summed E-state index contributed by atoms with van der Waals surface area (Å²) < 4.78 is 13.9. The van der Waals surface area contributed by atoms with E-state index in [-0.39, 0.29) is 30.6 Å². The third-order valence-corrected chi connectivity index (χ3v) is 6.27.